The maximum atomic E-state index is 6.10. The van der Waals surface area contributed by atoms with Crippen molar-refractivity contribution in [1.82, 2.24) is 0 Å². The average molecular weight is 258 g/mol. The molecule has 0 saturated carbocycles. The predicted molar refractivity (Wildman–Crippen MR) is 70.1 cm³/mol. The summed E-state index contributed by atoms with van der Waals surface area (Å²) in [7, 11) is 0. The summed E-state index contributed by atoms with van der Waals surface area (Å²) in [5.74, 6) is 0. The fraction of sp³-hybridized carbons (Fsp3) is 0.538. The summed E-state index contributed by atoms with van der Waals surface area (Å²) in [5, 5.41) is 0.711. The highest BCUT2D eigenvalue weighted by atomic mass is 35.5. The van der Waals surface area contributed by atoms with E-state index in [1.165, 1.54) is 0 Å². The highest BCUT2D eigenvalue weighted by Crippen LogP contribution is 2.18. The van der Waals surface area contributed by atoms with Crippen molar-refractivity contribution in [3.63, 3.8) is 0 Å². The van der Waals surface area contributed by atoms with Crippen LogP contribution >= 0.6 is 11.6 Å². The summed E-state index contributed by atoms with van der Waals surface area (Å²) in [4.78, 5) is 0. The third kappa shape index (κ3) is 5.50. The molecule has 0 aliphatic carbocycles. The van der Waals surface area contributed by atoms with Crippen molar-refractivity contribution in [3.05, 3.63) is 34.3 Å². The van der Waals surface area contributed by atoms with Crippen LogP contribution in [0.25, 0.3) is 0 Å². The quantitative estimate of drug-likeness (QED) is 0.729. The topological polar surface area (TPSA) is 44.5 Å². The van der Waals surface area contributed by atoms with Gasteiger partial charge in [-0.15, -0.1) is 0 Å². The lowest BCUT2D eigenvalue weighted by molar-refractivity contribution is 0.0408. The Hall–Kier alpha value is -0.610. The first-order valence-electron chi connectivity index (χ1n) is 5.90. The van der Waals surface area contributed by atoms with E-state index in [1.54, 1.807) is 0 Å². The van der Waals surface area contributed by atoms with Crippen molar-refractivity contribution in [1.29, 1.82) is 0 Å². The second-order valence-electron chi connectivity index (χ2n) is 3.79. The minimum atomic E-state index is 0.506. The van der Waals surface area contributed by atoms with Crippen LogP contribution in [-0.2, 0) is 22.6 Å². The van der Waals surface area contributed by atoms with Crippen molar-refractivity contribution in [2.75, 3.05) is 19.8 Å². The van der Waals surface area contributed by atoms with Crippen LogP contribution in [0.15, 0.2) is 18.2 Å². The molecule has 1 rings (SSSR count). The van der Waals surface area contributed by atoms with E-state index in [0.717, 1.165) is 24.2 Å². The van der Waals surface area contributed by atoms with Gasteiger partial charge in [-0.05, 0) is 23.6 Å². The van der Waals surface area contributed by atoms with Crippen LogP contribution in [0.3, 0.4) is 0 Å². The second-order valence-corrected chi connectivity index (χ2v) is 4.20. The number of ether oxygens (including phenoxy) is 2. The highest BCUT2D eigenvalue weighted by Gasteiger charge is 2.01. The monoisotopic (exact) mass is 257 g/mol. The summed E-state index contributed by atoms with van der Waals surface area (Å²) in [6.45, 7) is 5.11. The van der Waals surface area contributed by atoms with Crippen LogP contribution in [0.1, 0.15) is 24.5 Å². The normalized spacial score (nSPS) is 10.8. The van der Waals surface area contributed by atoms with Crippen molar-refractivity contribution >= 4 is 11.6 Å². The molecule has 0 bridgehead atoms. The number of rotatable bonds is 8. The molecule has 17 heavy (non-hydrogen) atoms. The van der Waals surface area contributed by atoms with Gasteiger partial charge in [0.1, 0.15) is 0 Å². The number of hydrogen-bond acceptors (Lipinski definition) is 3. The van der Waals surface area contributed by atoms with E-state index in [1.807, 2.05) is 18.2 Å². The van der Waals surface area contributed by atoms with Gasteiger partial charge in [-0.25, -0.2) is 0 Å². The molecule has 0 aliphatic heterocycles. The van der Waals surface area contributed by atoms with Gasteiger partial charge < -0.3 is 15.2 Å². The third-order valence-electron chi connectivity index (χ3n) is 2.33. The molecule has 0 fully saturated rings. The Labute approximate surface area is 108 Å². The van der Waals surface area contributed by atoms with E-state index < -0.39 is 0 Å². The van der Waals surface area contributed by atoms with E-state index in [9.17, 15) is 0 Å². The van der Waals surface area contributed by atoms with Crippen LogP contribution in [-0.4, -0.2) is 19.8 Å². The van der Waals surface area contributed by atoms with Gasteiger partial charge in [0.2, 0.25) is 0 Å². The minimum Gasteiger partial charge on any atom is -0.379 e. The van der Waals surface area contributed by atoms with Gasteiger partial charge in [0.15, 0.2) is 0 Å². The van der Waals surface area contributed by atoms with E-state index >= 15 is 0 Å². The van der Waals surface area contributed by atoms with Gasteiger partial charge >= 0.3 is 0 Å². The van der Waals surface area contributed by atoms with Crippen molar-refractivity contribution in [3.8, 4) is 0 Å². The van der Waals surface area contributed by atoms with Crippen LogP contribution in [0.2, 0.25) is 5.02 Å². The van der Waals surface area contributed by atoms with Crippen LogP contribution < -0.4 is 5.73 Å². The zero-order valence-electron chi connectivity index (χ0n) is 10.2. The first-order valence-corrected chi connectivity index (χ1v) is 6.28. The zero-order valence-corrected chi connectivity index (χ0v) is 11.0. The molecule has 1 aromatic rings. The SMILES string of the molecule is CCCOCCOCc1ccc(CN)cc1Cl. The molecule has 0 unspecified atom stereocenters. The molecule has 0 aromatic heterocycles. The summed E-state index contributed by atoms with van der Waals surface area (Å²) >= 11 is 6.10. The largest absolute Gasteiger partial charge is 0.379 e. The van der Waals surface area contributed by atoms with Gasteiger partial charge in [-0.2, -0.15) is 0 Å². The predicted octanol–water partition coefficient (Wildman–Crippen LogP) is 2.74. The van der Waals surface area contributed by atoms with Crippen molar-refractivity contribution < 1.29 is 9.47 Å². The molecule has 4 heteroatoms. The standard InChI is InChI=1S/C13H20ClNO2/c1-2-5-16-6-7-17-10-12-4-3-11(9-15)8-13(12)14/h3-4,8H,2,5-7,9-10,15H2,1H3. The lowest BCUT2D eigenvalue weighted by Crippen LogP contribution is -2.05. The molecule has 0 radical (unpaired) electrons. The van der Waals surface area contributed by atoms with E-state index in [-0.39, 0.29) is 0 Å². The van der Waals surface area contributed by atoms with Gasteiger partial charge in [0.25, 0.3) is 0 Å². The lowest BCUT2D eigenvalue weighted by Gasteiger charge is -2.08. The number of hydrogen-bond donors (Lipinski definition) is 1. The number of nitrogens with two attached hydrogens (primary N) is 1. The van der Waals surface area contributed by atoms with Crippen LogP contribution in [0.5, 0.6) is 0 Å². The fourth-order valence-corrected chi connectivity index (χ4v) is 1.64. The molecule has 3 nitrogen and oxygen atoms in total. The highest BCUT2D eigenvalue weighted by molar-refractivity contribution is 6.31. The smallest absolute Gasteiger partial charge is 0.0732 e. The maximum absolute atomic E-state index is 6.10. The molecule has 0 heterocycles. The second kappa shape index (κ2) is 8.48. The summed E-state index contributed by atoms with van der Waals surface area (Å²) in [5.41, 5.74) is 7.55. The van der Waals surface area contributed by atoms with Crippen molar-refractivity contribution in [2.45, 2.75) is 26.5 Å². The van der Waals surface area contributed by atoms with E-state index in [4.69, 9.17) is 26.8 Å². The summed E-state index contributed by atoms with van der Waals surface area (Å²) in [6, 6.07) is 5.81. The Morgan fingerprint density at radius 2 is 1.94 bits per heavy atom. The first kappa shape index (κ1) is 14.5. The summed E-state index contributed by atoms with van der Waals surface area (Å²) < 4.78 is 10.8. The molecular formula is C13H20ClNO2. The van der Waals surface area contributed by atoms with E-state index in [2.05, 4.69) is 6.92 Å². The first-order chi connectivity index (χ1) is 8.27. The van der Waals surface area contributed by atoms with Gasteiger partial charge in [0.05, 0.1) is 19.8 Å². The number of benzene rings is 1. The Morgan fingerprint density at radius 1 is 1.18 bits per heavy atom. The van der Waals surface area contributed by atoms with Gasteiger partial charge in [-0.1, -0.05) is 30.7 Å². The molecule has 0 amide bonds. The molecule has 1 aromatic carbocycles. The zero-order chi connectivity index (χ0) is 12.5. The Kier molecular flexibility index (Phi) is 7.21. The lowest BCUT2D eigenvalue weighted by atomic mass is 10.1. The molecule has 0 spiro atoms. The molecule has 0 atom stereocenters. The van der Waals surface area contributed by atoms with Gasteiger partial charge in [-0.3, -0.25) is 0 Å². The third-order valence-corrected chi connectivity index (χ3v) is 2.68. The molecule has 2 N–H and O–H groups in total. The van der Waals surface area contributed by atoms with Crippen LogP contribution in [0, 0.1) is 0 Å². The Morgan fingerprint density at radius 3 is 2.59 bits per heavy atom. The Balaban J connectivity index is 2.27. The Bertz CT molecular complexity index is 331. The minimum absolute atomic E-state index is 0.506. The molecule has 96 valence electrons. The maximum Gasteiger partial charge on any atom is 0.0732 e. The van der Waals surface area contributed by atoms with Gasteiger partial charge in [0, 0.05) is 18.2 Å². The fourth-order valence-electron chi connectivity index (χ4n) is 1.38. The number of halogens is 1. The average Bonchev–Trinajstić information content (AvgIpc) is 2.35. The summed E-state index contributed by atoms with van der Waals surface area (Å²) in [6.07, 6.45) is 1.03. The molecule has 0 aliphatic rings. The molecule has 0 saturated heterocycles. The van der Waals surface area contributed by atoms with Crippen LogP contribution in [0.4, 0.5) is 0 Å². The van der Waals surface area contributed by atoms with E-state index in [0.29, 0.717) is 31.4 Å². The van der Waals surface area contributed by atoms with Crippen molar-refractivity contribution in [2.24, 2.45) is 5.73 Å². The molecular weight excluding hydrogens is 238 g/mol.